The second kappa shape index (κ2) is 38.7. The van der Waals surface area contributed by atoms with Crippen LogP contribution >= 0.6 is 92.8 Å². The van der Waals surface area contributed by atoms with E-state index < -0.39 is 7.59 Å². The van der Waals surface area contributed by atoms with Crippen molar-refractivity contribution in [3.63, 3.8) is 0 Å². The summed E-state index contributed by atoms with van der Waals surface area (Å²) in [5.74, 6) is 0.614. The van der Waals surface area contributed by atoms with E-state index in [1.165, 1.54) is 83.5 Å². The summed E-state index contributed by atoms with van der Waals surface area (Å²) in [4.78, 5) is 20.5. The van der Waals surface area contributed by atoms with Crippen molar-refractivity contribution in [3.05, 3.63) is 0 Å². The summed E-state index contributed by atoms with van der Waals surface area (Å²) in [6.45, 7) is 12.0. The number of hydrogen-bond donors (Lipinski definition) is 0. The molecule has 10 heteroatoms. The summed E-state index contributed by atoms with van der Waals surface area (Å²) in [5, 5.41) is 0.194. The highest BCUT2D eigenvalue weighted by Crippen LogP contribution is 2.48. The van der Waals surface area contributed by atoms with Gasteiger partial charge in [0.05, 0.1) is 5.34 Å². The van der Waals surface area contributed by atoms with Crippen LogP contribution in [0.1, 0.15) is 151 Å². The number of ketones is 2. The summed E-state index contributed by atoms with van der Waals surface area (Å²) in [5.41, 5.74) is 0. The van der Waals surface area contributed by atoms with Crippen molar-refractivity contribution in [1.82, 2.24) is 0 Å². The number of Topliss-reactive ketones (excluding diaryl/α,β-unsaturated/α-hetero) is 2. The molecule has 0 bridgehead atoms. The average molecular weight is 706 g/mol. The van der Waals surface area contributed by atoms with Crippen LogP contribution in [0.5, 0.6) is 0 Å². The maximum Gasteiger partial charge on any atom is 0.236 e. The maximum atomic E-state index is 10.4. The Bertz CT molecular complexity index is 443. The zero-order valence-corrected chi connectivity index (χ0v) is 30.6. The van der Waals surface area contributed by atoms with Gasteiger partial charge in [-0.25, -0.2) is 0 Å². The van der Waals surface area contributed by atoms with Gasteiger partial charge >= 0.3 is 0 Å². The third kappa shape index (κ3) is 61.6. The zero-order chi connectivity index (χ0) is 30.9. The van der Waals surface area contributed by atoms with E-state index in [4.69, 9.17) is 92.8 Å². The molecule has 0 unspecified atom stereocenters. The first-order valence-electron chi connectivity index (χ1n) is 13.9. The molecule has 0 saturated carbocycles. The highest BCUT2D eigenvalue weighted by Gasteiger charge is 2.44. The summed E-state index contributed by atoms with van der Waals surface area (Å²) in [7, 11) is 0. The minimum atomic E-state index is -1.85. The largest absolute Gasteiger partial charge is 0.300 e. The van der Waals surface area contributed by atoms with E-state index >= 15 is 0 Å². The Balaban J connectivity index is -0.000000126. The Hall–Kier alpha value is 1.66. The summed E-state index contributed by atoms with van der Waals surface area (Å²) < 4.78 is -3.70. The van der Waals surface area contributed by atoms with Crippen molar-refractivity contribution in [1.29, 1.82) is 0 Å². The van der Waals surface area contributed by atoms with Gasteiger partial charge in [0, 0.05) is 12.8 Å². The van der Waals surface area contributed by atoms with E-state index in [9.17, 15) is 9.59 Å². The van der Waals surface area contributed by atoms with Crippen LogP contribution in [0.2, 0.25) is 0 Å². The van der Waals surface area contributed by atoms with Gasteiger partial charge in [0.25, 0.3) is 0 Å². The standard InChI is InChI=1S/C12H26.C8H16O.C5H10O.C2Cl6.CH2Cl2/c1-3-5-7-9-11-12-10-8-6-4-2;1-3-4-5-6-7-8(2)9;1-3-4-5(2)6;3-1(4,5)2(6,7)8;2-1-3/h3-12H2,1-2H3;3-7H2,1-2H3;3-4H2,1-2H3;;1H2. The molecule has 0 heterocycles. The van der Waals surface area contributed by atoms with Crippen molar-refractivity contribution in [3.8, 4) is 0 Å². The molecule has 0 radical (unpaired) electrons. The van der Waals surface area contributed by atoms with Crippen LogP contribution < -0.4 is 0 Å². The van der Waals surface area contributed by atoms with Crippen LogP contribution in [0.4, 0.5) is 0 Å². The van der Waals surface area contributed by atoms with E-state index in [0.29, 0.717) is 5.78 Å². The lowest BCUT2D eigenvalue weighted by Crippen LogP contribution is -2.23. The quantitative estimate of drug-likeness (QED) is 0.118. The smallest absolute Gasteiger partial charge is 0.236 e. The van der Waals surface area contributed by atoms with Gasteiger partial charge in [-0.05, 0) is 26.7 Å². The van der Waals surface area contributed by atoms with Gasteiger partial charge in [0.2, 0.25) is 7.59 Å². The maximum absolute atomic E-state index is 10.4. The highest BCUT2D eigenvalue weighted by molar-refractivity contribution is 6.83. The predicted octanol–water partition coefficient (Wildman–Crippen LogP) is 14.0. The van der Waals surface area contributed by atoms with Gasteiger partial charge in [-0.1, -0.05) is 181 Å². The molecule has 0 atom stereocenters. The fourth-order valence-corrected chi connectivity index (χ4v) is 2.71. The van der Waals surface area contributed by atoms with Crippen LogP contribution in [0.25, 0.3) is 0 Å². The molecular formula is C28H54Cl8O2. The Kier molecular flexibility index (Phi) is 50.2. The Morgan fingerprint density at radius 1 is 0.447 bits per heavy atom. The first-order valence-corrected chi connectivity index (χ1v) is 17.2. The highest BCUT2D eigenvalue weighted by atomic mass is 35.6. The van der Waals surface area contributed by atoms with Gasteiger partial charge in [0.15, 0.2) is 0 Å². The fraction of sp³-hybridized carbons (Fsp3) is 0.929. The molecule has 0 fully saturated rings. The van der Waals surface area contributed by atoms with E-state index in [0.717, 1.165) is 25.7 Å². The van der Waals surface area contributed by atoms with E-state index in [2.05, 4.69) is 20.8 Å². The molecule has 0 aromatic rings. The van der Waals surface area contributed by atoms with Crippen LogP contribution in [0.3, 0.4) is 0 Å². The van der Waals surface area contributed by atoms with Crippen LogP contribution in [0, 0.1) is 0 Å². The number of alkyl halides is 8. The molecule has 0 rings (SSSR count). The molecule has 234 valence electrons. The Labute approximate surface area is 275 Å². The number of unbranched alkanes of at least 4 members (excludes halogenated alkanes) is 12. The second-order valence-corrected chi connectivity index (χ2v) is 14.3. The lowest BCUT2D eigenvalue weighted by Gasteiger charge is -2.19. The first-order chi connectivity index (χ1) is 17.6. The molecule has 0 aliphatic rings. The minimum absolute atomic E-state index is 0.194. The van der Waals surface area contributed by atoms with Crippen molar-refractivity contribution < 1.29 is 9.59 Å². The predicted molar refractivity (Wildman–Crippen MR) is 180 cm³/mol. The summed E-state index contributed by atoms with van der Waals surface area (Å²) in [6, 6.07) is 0. The lowest BCUT2D eigenvalue weighted by molar-refractivity contribution is -0.117. The molecule has 0 aromatic carbocycles. The molecular weight excluding hydrogens is 652 g/mol. The van der Waals surface area contributed by atoms with Gasteiger partial charge in [-0.3, -0.25) is 0 Å². The number of halogens is 8. The Morgan fingerprint density at radius 2 is 0.684 bits per heavy atom. The molecule has 0 aliphatic carbocycles. The first kappa shape index (κ1) is 49.3. The molecule has 38 heavy (non-hydrogen) atoms. The molecule has 2 nitrogen and oxygen atoms in total. The van der Waals surface area contributed by atoms with Crippen LogP contribution in [-0.4, -0.2) is 24.5 Å². The van der Waals surface area contributed by atoms with Crippen molar-refractivity contribution in [2.45, 2.75) is 158 Å². The normalized spacial score (nSPS) is 10.4. The number of hydrogen-bond acceptors (Lipinski definition) is 2. The Morgan fingerprint density at radius 3 is 0.842 bits per heavy atom. The monoisotopic (exact) mass is 702 g/mol. The average Bonchev–Trinajstić information content (AvgIpc) is 2.79. The molecule has 0 N–H and O–H groups in total. The van der Waals surface area contributed by atoms with E-state index in [-0.39, 0.29) is 11.1 Å². The summed E-state index contributed by atoms with van der Waals surface area (Å²) >= 11 is 40.4. The summed E-state index contributed by atoms with van der Waals surface area (Å²) in [6.07, 6.45) is 21.8. The SMILES string of the molecule is CCCC(C)=O.CCCCCCC(C)=O.CCCCCCCCCCCC.ClC(Cl)(Cl)C(Cl)(Cl)Cl.ClCCl. The lowest BCUT2D eigenvalue weighted by atomic mass is 10.1. The van der Waals surface area contributed by atoms with Crippen LogP contribution in [0.15, 0.2) is 0 Å². The number of rotatable bonds is 16. The minimum Gasteiger partial charge on any atom is -0.300 e. The topological polar surface area (TPSA) is 34.1 Å². The van der Waals surface area contributed by atoms with Gasteiger partial charge in [-0.15, -0.1) is 23.2 Å². The van der Waals surface area contributed by atoms with Gasteiger partial charge in [-0.2, -0.15) is 0 Å². The molecule has 0 aromatic heterocycles. The van der Waals surface area contributed by atoms with E-state index in [1.54, 1.807) is 13.8 Å². The van der Waals surface area contributed by atoms with Gasteiger partial charge in [0.1, 0.15) is 11.6 Å². The molecule has 0 aliphatic heterocycles. The van der Waals surface area contributed by atoms with Crippen molar-refractivity contribution >= 4 is 104 Å². The second-order valence-electron chi connectivity index (χ2n) is 8.89. The molecule has 0 spiro atoms. The number of carbonyl (C=O) groups is 2. The zero-order valence-electron chi connectivity index (χ0n) is 24.6. The van der Waals surface area contributed by atoms with Crippen LogP contribution in [-0.2, 0) is 9.59 Å². The third-order valence-corrected chi connectivity index (χ3v) is 7.33. The van der Waals surface area contributed by atoms with Crippen molar-refractivity contribution in [2.75, 3.05) is 5.34 Å². The number of carbonyl (C=O) groups excluding carboxylic acids is 2. The van der Waals surface area contributed by atoms with Crippen molar-refractivity contribution in [2.24, 2.45) is 0 Å². The molecule has 0 amide bonds. The third-order valence-electron chi connectivity index (χ3n) is 4.76. The fourth-order valence-electron chi connectivity index (χ4n) is 2.71. The van der Waals surface area contributed by atoms with Gasteiger partial charge < -0.3 is 9.59 Å². The molecule has 0 saturated heterocycles. The van der Waals surface area contributed by atoms with E-state index in [1.807, 2.05) is 6.92 Å².